The van der Waals surface area contributed by atoms with E-state index in [-0.39, 0.29) is 25.2 Å². The van der Waals surface area contributed by atoms with Crippen molar-refractivity contribution in [3.05, 3.63) is 77.9 Å². The van der Waals surface area contributed by atoms with Crippen molar-refractivity contribution in [3.63, 3.8) is 0 Å². The molecule has 0 atom stereocenters. The van der Waals surface area contributed by atoms with Crippen LogP contribution in [0.2, 0.25) is 0 Å². The van der Waals surface area contributed by atoms with Gasteiger partial charge in [0, 0.05) is 13.1 Å². The zero-order valence-electron chi connectivity index (χ0n) is 18.5. The van der Waals surface area contributed by atoms with Crippen LogP contribution in [0, 0.1) is 0 Å². The number of hydrogen-bond acceptors (Lipinski definition) is 8. The molecule has 0 radical (unpaired) electrons. The number of halogens is 1. The smallest absolute Gasteiger partial charge is 0.346 e. The van der Waals surface area contributed by atoms with E-state index in [9.17, 15) is 0 Å². The molecule has 0 spiro atoms. The molecule has 3 aromatic carbocycles. The third kappa shape index (κ3) is 5.22. The lowest BCUT2D eigenvalue weighted by molar-refractivity contribution is -0.00000935. The lowest BCUT2D eigenvalue weighted by Crippen LogP contribution is -3.00. The zero-order valence-corrected chi connectivity index (χ0v) is 19.2. The SMILES string of the molecule is CCOc1cc(CNCc2ccc3c(c2)OCO3)ccc1Oc1nnnn1-c1ccccc1.[Cl-]. The normalized spacial score (nSPS) is 11.7. The van der Waals surface area contributed by atoms with Gasteiger partial charge in [0.1, 0.15) is 0 Å². The maximum atomic E-state index is 6.01. The Hall–Kier alpha value is -3.82. The fourth-order valence-corrected chi connectivity index (χ4v) is 3.49. The predicted molar refractivity (Wildman–Crippen MR) is 120 cm³/mol. The highest BCUT2D eigenvalue weighted by atomic mass is 35.5. The molecule has 10 heteroatoms. The third-order valence-corrected chi connectivity index (χ3v) is 5.05. The zero-order chi connectivity index (χ0) is 22.5. The van der Waals surface area contributed by atoms with Gasteiger partial charge in [-0.2, -0.15) is 4.68 Å². The van der Waals surface area contributed by atoms with Gasteiger partial charge in [0.25, 0.3) is 0 Å². The molecule has 5 rings (SSSR count). The molecular weight excluding hydrogens is 458 g/mol. The highest BCUT2D eigenvalue weighted by Gasteiger charge is 2.15. The summed E-state index contributed by atoms with van der Waals surface area (Å²) < 4.78 is 24.2. The van der Waals surface area contributed by atoms with Crippen LogP contribution in [0.1, 0.15) is 18.1 Å². The number of para-hydroxylation sites is 1. The minimum atomic E-state index is 0. The number of benzene rings is 3. The maximum absolute atomic E-state index is 6.01. The molecule has 2 heterocycles. The summed E-state index contributed by atoms with van der Waals surface area (Å²) in [5.41, 5.74) is 2.99. The molecular formula is C24H23ClN5O4-. The maximum Gasteiger partial charge on any atom is 0.346 e. The first-order valence-electron chi connectivity index (χ1n) is 10.7. The molecule has 0 saturated heterocycles. The Labute approximate surface area is 203 Å². The summed E-state index contributed by atoms with van der Waals surface area (Å²) in [5.74, 6) is 2.74. The molecule has 0 aliphatic carbocycles. The largest absolute Gasteiger partial charge is 1.00 e. The van der Waals surface area contributed by atoms with Crippen LogP contribution >= 0.6 is 0 Å². The fraction of sp³-hybridized carbons (Fsp3) is 0.208. The van der Waals surface area contributed by atoms with Crippen molar-refractivity contribution in [1.82, 2.24) is 25.5 Å². The Kier molecular flexibility index (Phi) is 7.46. The molecule has 1 aromatic heterocycles. The van der Waals surface area contributed by atoms with Crippen LogP contribution < -0.4 is 36.7 Å². The summed E-state index contributed by atoms with van der Waals surface area (Å²) in [4.78, 5) is 0. The van der Waals surface area contributed by atoms with Crippen molar-refractivity contribution < 1.29 is 31.4 Å². The third-order valence-electron chi connectivity index (χ3n) is 5.05. The van der Waals surface area contributed by atoms with Crippen LogP contribution in [0.15, 0.2) is 66.7 Å². The van der Waals surface area contributed by atoms with Crippen LogP contribution in [-0.2, 0) is 13.1 Å². The van der Waals surface area contributed by atoms with E-state index in [0.29, 0.717) is 31.2 Å². The second-order valence-corrected chi connectivity index (χ2v) is 7.32. The second kappa shape index (κ2) is 10.9. The van der Waals surface area contributed by atoms with E-state index < -0.39 is 0 Å². The highest BCUT2D eigenvalue weighted by Crippen LogP contribution is 2.33. The van der Waals surface area contributed by atoms with Crippen molar-refractivity contribution in [2.75, 3.05) is 13.4 Å². The topological polar surface area (TPSA) is 92.6 Å². The van der Waals surface area contributed by atoms with Crippen LogP contribution in [0.4, 0.5) is 0 Å². The molecule has 1 aliphatic heterocycles. The van der Waals surface area contributed by atoms with Gasteiger partial charge in [-0.25, -0.2) is 0 Å². The highest BCUT2D eigenvalue weighted by molar-refractivity contribution is 5.46. The van der Waals surface area contributed by atoms with Gasteiger partial charge in [0.2, 0.25) is 6.79 Å². The minimum absolute atomic E-state index is 0. The van der Waals surface area contributed by atoms with Crippen molar-refractivity contribution in [2.45, 2.75) is 20.0 Å². The van der Waals surface area contributed by atoms with Crippen LogP contribution in [0.25, 0.3) is 5.69 Å². The van der Waals surface area contributed by atoms with E-state index in [0.717, 1.165) is 28.3 Å². The monoisotopic (exact) mass is 480 g/mol. The molecule has 4 aromatic rings. The number of aromatic nitrogens is 4. The molecule has 0 bridgehead atoms. The van der Waals surface area contributed by atoms with Crippen LogP contribution in [-0.4, -0.2) is 33.6 Å². The number of nitrogens with one attached hydrogen (secondary N) is 1. The standard InChI is InChI=1S/C24H23N5O4.ClH/c1-2-30-23-13-18(15-25-14-17-8-10-20-22(12-17)32-16-31-20)9-11-21(23)33-24-26-27-28-29(24)19-6-4-3-5-7-19;/h3-13,25H,2,14-16H2,1H3;1H/p-1. The molecule has 9 nitrogen and oxygen atoms in total. The molecule has 0 fully saturated rings. The van der Waals surface area contributed by atoms with Gasteiger partial charge >= 0.3 is 6.01 Å². The van der Waals surface area contributed by atoms with E-state index in [1.807, 2.05) is 73.7 Å². The number of ether oxygens (including phenoxy) is 4. The molecule has 1 N–H and O–H groups in total. The van der Waals surface area contributed by atoms with Crippen molar-refractivity contribution in [3.8, 4) is 34.7 Å². The Morgan fingerprint density at radius 1 is 0.912 bits per heavy atom. The molecule has 0 amide bonds. The number of nitrogens with zero attached hydrogens (tertiary/aromatic N) is 4. The van der Waals surface area contributed by atoms with E-state index in [2.05, 4.69) is 20.8 Å². The summed E-state index contributed by atoms with van der Waals surface area (Å²) >= 11 is 0. The Balaban J connectivity index is 0.00000274. The van der Waals surface area contributed by atoms with Gasteiger partial charge in [-0.05, 0) is 64.9 Å². The average Bonchev–Trinajstić information content (AvgIpc) is 3.50. The van der Waals surface area contributed by atoms with E-state index in [1.165, 1.54) is 4.68 Å². The van der Waals surface area contributed by atoms with Gasteiger partial charge in [0.15, 0.2) is 23.0 Å². The quantitative estimate of drug-likeness (QED) is 0.377. The first-order valence-corrected chi connectivity index (χ1v) is 10.7. The van der Waals surface area contributed by atoms with Crippen LogP contribution in [0.3, 0.4) is 0 Å². The molecule has 0 saturated carbocycles. The summed E-state index contributed by atoms with van der Waals surface area (Å²) in [5, 5.41) is 15.2. The van der Waals surface area contributed by atoms with E-state index in [4.69, 9.17) is 18.9 Å². The molecule has 34 heavy (non-hydrogen) atoms. The lowest BCUT2D eigenvalue weighted by Gasteiger charge is -2.13. The number of fused-ring (bicyclic) bond motifs is 1. The van der Waals surface area contributed by atoms with Crippen LogP contribution in [0.5, 0.6) is 29.0 Å². The van der Waals surface area contributed by atoms with E-state index >= 15 is 0 Å². The Morgan fingerprint density at radius 3 is 2.50 bits per heavy atom. The Morgan fingerprint density at radius 2 is 1.68 bits per heavy atom. The number of rotatable bonds is 9. The average molecular weight is 481 g/mol. The second-order valence-electron chi connectivity index (χ2n) is 7.32. The summed E-state index contributed by atoms with van der Waals surface area (Å²) in [6, 6.07) is 21.6. The molecule has 176 valence electrons. The summed E-state index contributed by atoms with van der Waals surface area (Å²) in [6.45, 7) is 4.08. The fourth-order valence-electron chi connectivity index (χ4n) is 3.49. The summed E-state index contributed by atoms with van der Waals surface area (Å²) in [7, 11) is 0. The summed E-state index contributed by atoms with van der Waals surface area (Å²) in [6.07, 6.45) is 0. The Bertz CT molecular complexity index is 1240. The predicted octanol–water partition coefficient (Wildman–Crippen LogP) is 0.876. The van der Waals surface area contributed by atoms with Crippen molar-refractivity contribution >= 4 is 0 Å². The first-order chi connectivity index (χ1) is 16.3. The first kappa shape index (κ1) is 23.3. The van der Waals surface area contributed by atoms with Gasteiger partial charge in [-0.3, -0.25) is 0 Å². The van der Waals surface area contributed by atoms with Gasteiger partial charge < -0.3 is 36.7 Å². The van der Waals surface area contributed by atoms with Gasteiger partial charge in [-0.15, -0.1) is 0 Å². The molecule has 0 unspecified atom stereocenters. The number of tetrazole rings is 1. The molecule has 1 aliphatic rings. The lowest BCUT2D eigenvalue weighted by atomic mass is 10.1. The minimum Gasteiger partial charge on any atom is -1.00 e. The van der Waals surface area contributed by atoms with Crippen molar-refractivity contribution in [2.24, 2.45) is 0 Å². The van der Waals surface area contributed by atoms with Gasteiger partial charge in [0.05, 0.1) is 12.3 Å². The van der Waals surface area contributed by atoms with Gasteiger partial charge in [-0.1, -0.05) is 35.4 Å². The number of hydrogen-bond donors (Lipinski definition) is 1. The van der Waals surface area contributed by atoms with E-state index in [1.54, 1.807) is 0 Å². The van der Waals surface area contributed by atoms with Crippen molar-refractivity contribution in [1.29, 1.82) is 0 Å².